The molecular formula is C35H45N5O7S. The van der Waals surface area contributed by atoms with Gasteiger partial charge in [-0.15, -0.1) is 0 Å². The van der Waals surface area contributed by atoms with Gasteiger partial charge in [0.05, 0.1) is 35.7 Å². The average Bonchev–Trinajstić information content (AvgIpc) is 3.95. The first-order valence-electron chi connectivity index (χ1n) is 17.1. The number of hydrogen-bond acceptors (Lipinski definition) is 9. The lowest BCUT2D eigenvalue weighted by atomic mass is 9.87. The Labute approximate surface area is 281 Å². The number of methoxy groups -OCH3 is 1. The fourth-order valence-electron chi connectivity index (χ4n) is 7.69. The summed E-state index contributed by atoms with van der Waals surface area (Å²) in [5.41, 5.74) is 6.71. The van der Waals surface area contributed by atoms with Crippen molar-refractivity contribution < 1.29 is 32.3 Å². The molecular weight excluding hydrogens is 634 g/mol. The Bertz CT molecular complexity index is 1820. The number of nitrogens with two attached hydrogens (primary N) is 1. The maximum absolute atomic E-state index is 14.3. The van der Waals surface area contributed by atoms with Crippen molar-refractivity contribution in [3.63, 3.8) is 0 Å². The molecule has 2 aromatic rings. The molecule has 12 nitrogen and oxygen atoms in total. The molecule has 48 heavy (non-hydrogen) atoms. The summed E-state index contributed by atoms with van der Waals surface area (Å²) in [5.74, 6) is -0.601. The summed E-state index contributed by atoms with van der Waals surface area (Å²) in [6.45, 7) is 3.66. The fourth-order valence-corrected chi connectivity index (χ4v) is 9.00. The molecule has 3 amide bonds. The highest BCUT2D eigenvalue weighted by Gasteiger charge is 2.63. The lowest BCUT2D eigenvalue weighted by molar-refractivity contribution is -0.140. The first kappa shape index (κ1) is 32.8. The van der Waals surface area contributed by atoms with E-state index in [2.05, 4.69) is 10.0 Å². The third kappa shape index (κ3) is 5.62. The third-order valence-corrected chi connectivity index (χ3v) is 13.4. The van der Waals surface area contributed by atoms with E-state index >= 15 is 0 Å². The first-order valence-corrected chi connectivity index (χ1v) is 18.6. The fraction of sp³-hybridized carbons (Fsp3) is 0.600. The van der Waals surface area contributed by atoms with Gasteiger partial charge in [0.25, 0.3) is 5.91 Å². The van der Waals surface area contributed by atoms with Crippen LogP contribution in [0.1, 0.15) is 82.4 Å². The van der Waals surface area contributed by atoms with Crippen LogP contribution in [0.25, 0.3) is 10.9 Å². The van der Waals surface area contributed by atoms with Gasteiger partial charge >= 0.3 is 0 Å². The number of nitrogens with one attached hydrogen (secondary N) is 2. The van der Waals surface area contributed by atoms with E-state index in [0.29, 0.717) is 49.3 Å². The van der Waals surface area contributed by atoms with Crippen LogP contribution in [-0.4, -0.2) is 77.6 Å². The number of aromatic nitrogens is 1. The Morgan fingerprint density at radius 1 is 1.17 bits per heavy atom. The van der Waals surface area contributed by atoms with Crippen molar-refractivity contribution in [3.8, 4) is 11.5 Å². The van der Waals surface area contributed by atoms with Crippen molar-refractivity contribution in [3.05, 3.63) is 41.6 Å². The molecule has 0 bridgehead atoms. The Balaban J connectivity index is 1.21. The second kappa shape index (κ2) is 11.7. The monoisotopic (exact) mass is 679 g/mol. The Kier molecular flexibility index (Phi) is 8.01. The van der Waals surface area contributed by atoms with Crippen LogP contribution in [0.15, 0.2) is 30.4 Å². The number of fused-ring (bicyclic) bond motifs is 5. The Morgan fingerprint density at radius 3 is 2.71 bits per heavy atom. The minimum Gasteiger partial charge on any atom is -0.497 e. The highest BCUT2D eigenvalue weighted by atomic mass is 32.2. The summed E-state index contributed by atoms with van der Waals surface area (Å²) in [7, 11) is -2.31. The quantitative estimate of drug-likeness (QED) is 0.411. The molecule has 258 valence electrons. The number of nitrogens with zero attached hydrogens (tertiary/aromatic N) is 2. The summed E-state index contributed by atoms with van der Waals surface area (Å²) < 4.78 is 39.7. The zero-order valence-corrected chi connectivity index (χ0v) is 28.7. The second-order valence-corrected chi connectivity index (χ2v) is 16.9. The maximum atomic E-state index is 14.3. The molecule has 2 aliphatic carbocycles. The summed E-state index contributed by atoms with van der Waals surface area (Å²) in [5, 5.41) is 3.88. The van der Waals surface area contributed by atoms with Gasteiger partial charge in [-0.1, -0.05) is 25.0 Å². The molecule has 0 radical (unpaired) electrons. The molecule has 3 aliphatic heterocycles. The van der Waals surface area contributed by atoms with Crippen molar-refractivity contribution in [2.24, 2.45) is 11.7 Å². The van der Waals surface area contributed by atoms with E-state index in [-0.39, 0.29) is 31.2 Å². The zero-order valence-electron chi connectivity index (χ0n) is 27.8. The van der Waals surface area contributed by atoms with E-state index in [9.17, 15) is 22.8 Å². The maximum Gasteiger partial charge on any atom is 0.259 e. The van der Waals surface area contributed by atoms with E-state index in [0.717, 1.165) is 42.1 Å². The van der Waals surface area contributed by atoms with Crippen molar-refractivity contribution in [2.45, 2.75) is 112 Å². The number of allylic oxidation sites excluding steroid dienone is 1. The molecule has 1 unspecified atom stereocenters. The Hall–Kier alpha value is -3.71. The number of sulfonamides is 1. The minimum atomic E-state index is -3.93. The van der Waals surface area contributed by atoms with Gasteiger partial charge in [-0.2, -0.15) is 0 Å². The molecule has 3 fully saturated rings. The van der Waals surface area contributed by atoms with Crippen LogP contribution < -0.4 is 25.2 Å². The van der Waals surface area contributed by atoms with Crippen LogP contribution in [0.5, 0.6) is 11.5 Å². The van der Waals surface area contributed by atoms with Crippen molar-refractivity contribution in [2.75, 3.05) is 13.7 Å². The van der Waals surface area contributed by atoms with Gasteiger partial charge in [0.1, 0.15) is 28.7 Å². The number of benzene rings is 1. The van der Waals surface area contributed by atoms with Crippen LogP contribution in [0.2, 0.25) is 0 Å². The number of aryl methyl sites for hydroxylation is 2. The van der Waals surface area contributed by atoms with E-state index < -0.39 is 49.8 Å². The van der Waals surface area contributed by atoms with Crippen LogP contribution in [0.4, 0.5) is 0 Å². The highest BCUT2D eigenvalue weighted by molar-refractivity contribution is 7.91. The zero-order chi connectivity index (χ0) is 34.1. The molecule has 5 aliphatic rings. The van der Waals surface area contributed by atoms with Crippen LogP contribution in [0.3, 0.4) is 0 Å². The first-order chi connectivity index (χ1) is 22.8. The molecule has 13 heteroatoms. The molecule has 1 aromatic heterocycles. The van der Waals surface area contributed by atoms with Gasteiger partial charge in [0.15, 0.2) is 0 Å². The van der Waals surface area contributed by atoms with Crippen molar-refractivity contribution >= 4 is 38.6 Å². The molecule has 5 atom stereocenters. The van der Waals surface area contributed by atoms with Crippen molar-refractivity contribution in [1.82, 2.24) is 19.9 Å². The molecule has 1 saturated heterocycles. The van der Waals surface area contributed by atoms with Gasteiger partial charge < -0.3 is 25.4 Å². The average molecular weight is 680 g/mol. The Morgan fingerprint density at radius 2 is 1.96 bits per heavy atom. The highest BCUT2D eigenvalue weighted by Crippen LogP contribution is 2.49. The lowest BCUT2D eigenvalue weighted by Crippen LogP contribution is -2.58. The number of hydrogen-bond donors (Lipinski definition) is 3. The second-order valence-electron chi connectivity index (χ2n) is 14.7. The minimum absolute atomic E-state index is 0.155. The van der Waals surface area contributed by atoms with Crippen LogP contribution in [0, 0.1) is 12.8 Å². The lowest BCUT2D eigenvalue weighted by Gasteiger charge is -2.36. The number of amides is 3. The van der Waals surface area contributed by atoms with Gasteiger partial charge in [-0.3, -0.25) is 19.1 Å². The standard InChI is InChI=1S/C35H45N5O7S/c1-21-29-24(25-17-23(46-3)11-12-27(25)37-21)13-14-34(47-29)19-28-30(41)38-35(32(43)39-48(44,45)33(2)15-16-33)18-22(35)9-7-5-4-6-8-10-26(36)31(42)40(28)20-34/h7,9,11-12,17,22,26,28H,4-6,8,10,13-16,18-20,36H2,1-3H3,(H,38,41)(H,39,43)/b9-7-/t22-,26+,28?,34-,35-/m1/s1. The van der Waals surface area contributed by atoms with E-state index in [1.165, 1.54) is 4.90 Å². The summed E-state index contributed by atoms with van der Waals surface area (Å²) in [6.07, 6.45) is 10.3. The molecule has 2 saturated carbocycles. The number of carbonyl (C=O) groups excluding carboxylic acids is 3. The molecule has 1 aromatic carbocycles. The van der Waals surface area contributed by atoms with Gasteiger partial charge in [0, 0.05) is 23.3 Å². The summed E-state index contributed by atoms with van der Waals surface area (Å²) in [6, 6.07) is 3.99. The van der Waals surface area contributed by atoms with Crippen LogP contribution >= 0.6 is 0 Å². The van der Waals surface area contributed by atoms with E-state index in [4.69, 9.17) is 20.2 Å². The molecule has 7 rings (SSSR count). The SMILES string of the molecule is COc1ccc2nc(C)c3c(c2c1)CC[C@]1(CC2C(=O)N[C@]4(C(=O)NS(=O)(=O)C5(C)CC5)C[C@H]4/C=C\CCCCC[C@H](N)C(=O)N2C1)O3. The summed E-state index contributed by atoms with van der Waals surface area (Å²) >= 11 is 0. The number of ether oxygens (including phenoxy) is 2. The van der Waals surface area contributed by atoms with E-state index in [1.54, 1.807) is 14.0 Å². The van der Waals surface area contributed by atoms with E-state index in [1.807, 2.05) is 37.3 Å². The van der Waals surface area contributed by atoms with Gasteiger partial charge in [0.2, 0.25) is 21.8 Å². The largest absolute Gasteiger partial charge is 0.497 e. The molecule has 1 spiro atoms. The van der Waals surface area contributed by atoms with Crippen LogP contribution in [-0.2, 0) is 30.8 Å². The smallest absolute Gasteiger partial charge is 0.259 e. The van der Waals surface area contributed by atoms with Gasteiger partial charge in [-0.25, -0.2) is 13.4 Å². The number of pyridine rings is 1. The predicted octanol–water partition coefficient (Wildman–Crippen LogP) is 2.94. The van der Waals surface area contributed by atoms with Gasteiger partial charge in [-0.05, 0) is 83.4 Å². The molecule has 4 N–H and O–H groups in total. The topological polar surface area (TPSA) is 170 Å². The van der Waals surface area contributed by atoms with Crippen molar-refractivity contribution in [1.29, 1.82) is 0 Å². The summed E-state index contributed by atoms with van der Waals surface area (Å²) in [4.78, 5) is 48.3. The predicted molar refractivity (Wildman–Crippen MR) is 179 cm³/mol. The number of carbonyl (C=O) groups is 3. The molecule has 4 heterocycles. The third-order valence-electron chi connectivity index (χ3n) is 11.2. The number of rotatable bonds is 4. The normalized spacial score (nSPS) is 32.1.